The van der Waals surface area contributed by atoms with Gasteiger partial charge < -0.3 is 15.1 Å². The minimum Gasteiger partial charge on any atom is -0.329 e. The van der Waals surface area contributed by atoms with Gasteiger partial charge in [-0.1, -0.05) is 18.2 Å². The third kappa shape index (κ3) is 4.61. The Kier molecular flexibility index (Phi) is 5.90. The highest BCUT2D eigenvalue weighted by Crippen LogP contribution is 2.31. The van der Waals surface area contributed by atoms with Crippen molar-refractivity contribution in [3.8, 4) is 0 Å². The smallest absolute Gasteiger partial charge is 0.329 e. The van der Waals surface area contributed by atoms with Crippen molar-refractivity contribution in [1.29, 1.82) is 0 Å². The number of piperazine rings is 1. The number of nitrogens with zero attached hydrogens (tertiary/aromatic N) is 2. The van der Waals surface area contributed by atoms with Gasteiger partial charge in [-0.15, -0.1) is 0 Å². The van der Waals surface area contributed by atoms with Crippen LogP contribution in [0.3, 0.4) is 0 Å². The summed E-state index contributed by atoms with van der Waals surface area (Å²) in [5.74, 6) is -0.653. The summed E-state index contributed by atoms with van der Waals surface area (Å²) < 4.78 is 38.5. The first kappa shape index (κ1) is 21.9. The van der Waals surface area contributed by atoms with E-state index in [1.165, 1.54) is 17.0 Å². The van der Waals surface area contributed by atoms with E-state index in [1.54, 1.807) is 29.2 Å². The third-order valence-electron chi connectivity index (χ3n) is 5.78. The molecular formula is C23H22F3N3O3. The Labute approximate surface area is 183 Å². The van der Waals surface area contributed by atoms with Gasteiger partial charge in [-0.2, -0.15) is 13.2 Å². The maximum absolute atomic E-state index is 12.8. The van der Waals surface area contributed by atoms with Crippen molar-refractivity contribution < 1.29 is 27.6 Å². The van der Waals surface area contributed by atoms with E-state index >= 15 is 0 Å². The lowest BCUT2D eigenvalue weighted by molar-refractivity contribution is -0.158. The number of carbonyl (C=O) groups is 3. The largest absolute Gasteiger partial charge is 0.416 e. The summed E-state index contributed by atoms with van der Waals surface area (Å²) in [6, 6.07) is 10.5. The highest BCUT2D eigenvalue weighted by Gasteiger charge is 2.40. The zero-order valence-corrected chi connectivity index (χ0v) is 17.2. The average Bonchev–Trinajstić information content (AvgIpc) is 2.77. The van der Waals surface area contributed by atoms with E-state index in [-0.39, 0.29) is 42.2 Å². The Hall–Kier alpha value is -3.36. The van der Waals surface area contributed by atoms with Crippen LogP contribution in [0.25, 0.3) is 0 Å². The van der Waals surface area contributed by atoms with Gasteiger partial charge in [0.05, 0.1) is 5.56 Å². The second-order valence-electron chi connectivity index (χ2n) is 8.02. The average molecular weight is 445 g/mol. The lowest BCUT2D eigenvalue weighted by Gasteiger charge is -2.42. The second kappa shape index (κ2) is 8.64. The topological polar surface area (TPSA) is 69.7 Å². The Balaban J connectivity index is 1.40. The maximum atomic E-state index is 12.8. The minimum absolute atomic E-state index is 0.0348. The summed E-state index contributed by atoms with van der Waals surface area (Å²) in [5, 5.41) is 2.46. The van der Waals surface area contributed by atoms with Crippen molar-refractivity contribution in [2.75, 3.05) is 18.4 Å². The monoisotopic (exact) mass is 445 g/mol. The molecule has 2 aliphatic heterocycles. The number of nitrogens with one attached hydrogen (secondary N) is 1. The molecule has 2 aliphatic rings. The Morgan fingerprint density at radius 3 is 2.53 bits per heavy atom. The van der Waals surface area contributed by atoms with E-state index < -0.39 is 17.6 Å². The number of piperidine rings is 1. The van der Waals surface area contributed by atoms with Gasteiger partial charge in [-0.3, -0.25) is 14.4 Å². The zero-order chi connectivity index (χ0) is 22.9. The van der Waals surface area contributed by atoms with Crippen LogP contribution in [0.2, 0.25) is 0 Å². The van der Waals surface area contributed by atoms with Crippen molar-refractivity contribution in [3.63, 3.8) is 0 Å². The molecule has 32 heavy (non-hydrogen) atoms. The van der Waals surface area contributed by atoms with E-state index in [2.05, 4.69) is 5.32 Å². The highest BCUT2D eigenvalue weighted by atomic mass is 19.4. The van der Waals surface area contributed by atoms with Gasteiger partial charge in [-0.05, 0) is 55.2 Å². The quantitative estimate of drug-likeness (QED) is 0.781. The molecule has 0 spiro atoms. The van der Waals surface area contributed by atoms with Crippen LogP contribution >= 0.6 is 0 Å². The molecule has 1 atom stereocenters. The van der Waals surface area contributed by atoms with Crippen LogP contribution in [0.5, 0.6) is 0 Å². The number of alkyl halides is 3. The number of anilines is 1. The van der Waals surface area contributed by atoms with Crippen LogP contribution in [0.1, 0.15) is 40.7 Å². The van der Waals surface area contributed by atoms with Crippen LogP contribution < -0.4 is 5.32 Å². The molecule has 2 aromatic rings. The van der Waals surface area contributed by atoms with Crippen LogP contribution in [0.4, 0.5) is 18.9 Å². The Morgan fingerprint density at radius 1 is 1.06 bits per heavy atom. The molecule has 2 saturated heterocycles. The summed E-state index contributed by atoms with van der Waals surface area (Å²) in [6.07, 6.45) is -1.98. The number of carbonyl (C=O) groups excluding carboxylic acids is 3. The fourth-order valence-electron chi connectivity index (χ4n) is 4.12. The molecule has 0 bridgehead atoms. The first-order chi connectivity index (χ1) is 15.2. The molecule has 9 heteroatoms. The number of fused-ring (bicyclic) bond motifs is 1. The molecule has 0 radical (unpaired) electrons. The van der Waals surface area contributed by atoms with Crippen molar-refractivity contribution in [2.24, 2.45) is 0 Å². The third-order valence-corrected chi connectivity index (χ3v) is 5.78. The first-order valence-electron chi connectivity index (χ1n) is 10.4. The molecule has 168 valence electrons. The van der Waals surface area contributed by atoms with E-state index in [9.17, 15) is 27.6 Å². The van der Waals surface area contributed by atoms with Crippen LogP contribution in [0.15, 0.2) is 48.5 Å². The van der Waals surface area contributed by atoms with Crippen molar-refractivity contribution in [3.05, 3.63) is 65.2 Å². The SMILES string of the molecule is O=C(Nc1cccc(C(F)(F)F)c1)c1ccc(CN2CC(=O)N3CCCCC3C2=O)cc1. The number of hydrogen-bond acceptors (Lipinski definition) is 3. The number of benzene rings is 2. The molecule has 2 aromatic carbocycles. The molecular weight excluding hydrogens is 423 g/mol. The number of halogens is 3. The Bertz CT molecular complexity index is 1040. The van der Waals surface area contributed by atoms with E-state index in [0.29, 0.717) is 13.0 Å². The van der Waals surface area contributed by atoms with Gasteiger partial charge in [0.1, 0.15) is 12.6 Å². The fraction of sp³-hybridized carbons (Fsp3) is 0.348. The van der Waals surface area contributed by atoms with Gasteiger partial charge in [0.25, 0.3) is 5.91 Å². The van der Waals surface area contributed by atoms with Crippen molar-refractivity contribution in [1.82, 2.24) is 9.80 Å². The summed E-state index contributed by atoms with van der Waals surface area (Å²) in [5.41, 5.74) is 0.225. The summed E-state index contributed by atoms with van der Waals surface area (Å²) in [6.45, 7) is 0.913. The highest BCUT2D eigenvalue weighted by molar-refractivity contribution is 6.04. The molecule has 0 aromatic heterocycles. The molecule has 1 unspecified atom stereocenters. The van der Waals surface area contributed by atoms with Crippen molar-refractivity contribution >= 4 is 23.4 Å². The van der Waals surface area contributed by atoms with Crippen molar-refractivity contribution in [2.45, 2.75) is 38.0 Å². The maximum Gasteiger partial charge on any atom is 0.416 e. The molecule has 6 nitrogen and oxygen atoms in total. The van der Waals surface area contributed by atoms with Gasteiger partial charge in [0.15, 0.2) is 0 Å². The fourth-order valence-corrected chi connectivity index (χ4v) is 4.12. The normalized spacial score (nSPS) is 19.0. The summed E-state index contributed by atoms with van der Waals surface area (Å²) in [4.78, 5) is 40.8. The first-order valence-corrected chi connectivity index (χ1v) is 10.4. The predicted molar refractivity (Wildman–Crippen MR) is 111 cm³/mol. The van der Waals surface area contributed by atoms with E-state index in [4.69, 9.17) is 0 Å². The van der Waals surface area contributed by atoms with E-state index in [0.717, 1.165) is 30.5 Å². The summed E-state index contributed by atoms with van der Waals surface area (Å²) >= 11 is 0. The zero-order valence-electron chi connectivity index (χ0n) is 17.2. The van der Waals surface area contributed by atoms with Gasteiger partial charge in [0.2, 0.25) is 11.8 Å². The Morgan fingerprint density at radius 2 is 1.81 bits per heavy atom. The lowest BCUT2D eigenvalue weighted by Crippen LogP contribution is -2.60. The predicted octanol–water partition coefficient (Wildman–Crippen LogP) is 3.68. The standard InChI is InChI=1S/C23H22F3N3O3/c24-23(25,26)17-4-3-5-18(12-17)27-21(31)16-9-7-15(8-10-16)13-28-14-20(30)29-11-2-1-6-19(29)22(28)32/h3-5,7-10,12,19H,1-2,6,11,13-14H2,(H,27,31). The van der Waals surface area contributed by atoms with Gasteiger partial charge in [0, 0.05) is 24.3 Å². The van der Waals surface area contributed by atoms with Gasteiger partial charge >= 0.3 is 6.18 Å². The molecule has 1 N–H and O–H groups in total. The molecule has 3 amide bonds. The molecule has 0 saturated carbocycles. The molecule has 2 fully saturated rings. The molecule has 4 rings (SSSR count). The lowest BCUT2D eigenvalue weighted by atomic mass is 9.98. The minimum atomic E-state index is -4.50. The molecule has 0 aliphatic carbocycles. The number of amides is 3. The second-order valence-corrected chi connectivity index (χ2v) is 8.02. The van der Waals surface area contributed by atoms with Gasteiger partial charge in [-0.25, -0.2) is 0 Å². The van der Waals surface area contributed by atoms with Crippen LogP contribution in [0, 0.1) is 0 Å². The van der Waals surface area contributed by atoms with Crippen LogP contribution in [-0.2, 0) is 22.3 Å². The summed E-state index contributed by atoms with van der Waals surface area (Å²) in [7, 11) is 0. The van der Waals surface area contributed by atoms with Crippen LogP contribution in [-0.4, -0.2) is 46.7 Å². The number of rotatable bonds is 4. The van der Waals surface area contributed by atoms with E-state index in [1.807, 2.05) is 0 Å². The number of hydrogen-bond donors (Lipinski definition) is 1. The molecule has 2 heterocycles.